The average molecular weight is 276 g/mol. The van der Waals surface area contributed by atoms with E-state index in [-0.39, 0.29) is 0 Å². The molecule has 2 N–H and O–H groups in total. The standard InChI is InChI=1S/C15H14ClNO2/c16-12-2-3-13(11(7-12)9-17)10-1-4-14-15(8-10)19-6-5-18-14/h1-4,7-8H,5-6,9,17H2. The van der Waals surface area contributed by atoms with Crippen LogP contribution in [0.25, 0.3) is 11.1 Å². The fourth-order valence-electron chi connectivity index (χ4n) is 2.22. The molecule has 0 fully saturated rings. The van der Waals surface area contributed by atoms with Gasteiger partial charge in [0.15, 0.2) is 11.5 Å². The van der Waals surface area contributed by atoms with Gasteiger partial charge in [-0.2, -0.15) is 0 Å². The van der Waals surface area contributed by atoms with Crippen molar-refractivity contribution in [2.45, 2.75) is 6.54 Å². The van der Waals surface area contributed by atoms with Gasteiger partial charge in [-0.15, -0.1) is 0 Å². The van der Waals surface area contributed by atoms with Gasteiger partial charge in [0.05, 0.1) is 0 Å². The summed E-state index contributed by atoms with van der Waals surface area (Å²) >= 11 is 6.00. The second-order valence-electron chi connectivity index (χ2n) is 4.36. The quantitative estimate of drug-likeness (QED) is 0.915. The molecular weight excluding hydrogens is 262 g/mol. The predicted octanol–water partition coefficient (Wildman–Crippen LogP) is 3.24. The minimum atomic E-state index is 0.449. The molecule has 0 saturated carbocycles. The lowest BCUT2D eigenvalue weighted by Crippen LogP contribution is -2.15. The largest absolute Gasteiger partial charge is 0.486 e. The molecule has 3 nitrogen and oxygen atoms in total. The van der Waals surface area contributed by atoms with Gasteiger partial charge in [-0.1, -0.05) is 23.7 Å². The van der Waals surface area contributed by atoms with Gasteiger partial charge in [0.2, 0.25) is 0 Å². The van der Waals surface area contributed by atoms with E-state index in [0.29, 0.717) is 24.8 Å². The number of rotatable bonds is 2. The zero-order valence-corrected chi connectivity index (χ0v) is 11.1. The number of benzene rings is 2. The number of halogens is 1. The molecule has 3 rings (SSSR count). The number of hydrogen-bond donors (Lipinski definition) is 1. The molecule has 0 amide bonds. The summed E-state index contributed by atoms with van der Waals surface area (Å²) in [7, 11) is 0. The summed E-state index contributed by atoms with van der Waals surface area (Å²) in [6.45, 7) is 1.63. The van der Waals surface area contributed by atoms with Crippen LogP contribution in [-0.4, -0.2) is 13.2 Å². The highest BCUT2D eigenvalue weighted by molar-refractivity contribution is 6.30. The topological polar surface area (TPSA) is 44.5 Å². The Morgan fingerprint density at radius 2 is 1.79 bits per heavy atom. The minimum Gasteiger partial charge on any atom is -0.486 e. The van der Waals surface area contributed by atoms with Crippen molar-refractivity contribution >= 4 is 11.6 Å². The molecule has 0 saturated heterocycles. The Labute approximate surface area is 116 Å². The number of hydrogen-bond acceptors (Lipinski definition) is 3. The Morgan fingerprint density at radius 3 is 2.58 bits per heavy atom. The molecule has 1 heterocycles. The van der Waals surface area contributed by atoms with E-state index in [1.165, 1.54) is 0 Å². The first kappa shape index (κ1) is 12.3. The first-order valence-electron chi connectivity index (χ1n) is 6.16. The van der Waals surface area contributed by atoms with E-state index in [0.717, 1.165) is 28.2 Å². The Kier molecular flexibility index (Phi) is 3.32. The van der Waals surface area contributed by atoms with Gasteiger partial charge in [0, 0.05) is 11.6 Å². The molecule has 0 aliphatic carbocycles. The molecular formula is C15H14ClNO2. The van der Waals surface area contributed by atoms with E-state index < -0.39 is 0 Å². The highest BCUT2D eigenvalue weighted by Gasteiger charge is 2.13. The van der Waals surface area contributed by atoms with Crippen molar-refractivity contribution < 1.29 is 9.47 Å². The Morgan fingerprint density at radius 1 is 1.00 bits per heavy atom. The molecule has 0 unspecified atom stereocenters. The van der Waals surface area contributed by atoms with Crippen molar-refractivity contribution in [3.05, 3.63) is 47.0 Å². The predicted molar refractivity (Wildman–Crippen MR) is 75.8 cm³/mol. The van der Waals surface area contributed by atoms with Gasteiger partial charge in [0.25, 0.3) is 0 Å². The zero-order chi connectivity index (χ0) is 13.2. The maximum Gasteiger partial charge on any atom is 0.161 e. The monoisotopic (exact) mass is 275 g/mol. The van der Waals surface area contributed by atoms with Crippen LogP contribution in [0.3, 0.4) is 0 Å². The van der Waals surface area contributed by atoms with Crippen LogP contribution in [0, 0.1) is 0 Å². The second-order valence-corrected chi connectivity index (χ2v) is 4.80. The van der Waals surface area contributed by atoms with E-state index in [1.54, 1.807) is 0 Å². The van der Waals surface area contributed by atoms with E-state index in [9.17, 15) is 0 Å². The van der Waals surface area contributed by atoms with Crippen LogP contribution in [0.2, 0.25) is 5.02 Å². The van der Waals surface area contributed by atoms with Crippen LogP contribution in [-0.2, 0) is 6.54 Å². The highest BCUT2D eigenvalue weighted by atomic mass is 35.5. The molecule has 1 aliphatic rings. The smallest absolute Gasteiger partial charge is 0.161 e. The number of ether oxygens (including phenoxy) is 2. The molecule has 0 aromatic heterocycles. The van der Waals surface area contributed by atoms with Crippen molar-refractivity contribution in [2.75, 3.05) is 13.2 Å². The van der Waals surface area contributed by atoms with E-state index in [2.05, 4.69) is 0 Å². The van der Waals surface area contributed by atoms with Crippen LogP contribution in [0.1, 0.15) is 5.56 Å². The first-order valence-corrected chi connectivity index (χ1v) is 6.54. The van der Waals surface area contributed by atoms with Crippen molar-refractivity contribution in [3.8, 4) is 22.6 Å². The Balaban J connectivity index is 2.07. The normalized spacial score (nSPS) is 13.4. The summed E-state index contributed by atoms with van der Waals surface area (Å²) < 4.78 is 11.1. The lowest BCUT2D eigenvalue weighted by atomic mass is 9.99. The molecule has 0 spiro atoms. The van der Waals surface area contributed by atoms with Crippen LogP contribution in [0.5, 0.6) is 11.5 Å². The third-order valence-electron chi connectivity index (χ3n) is 3.14. The summed E-state index contributed by atoms with van der Waals surface area (Å²) in [4.78, 5) is 0. The van der Waals surface area contributed by atoms with Gasteiger partial charge in [0.1, 0.15) is 13.2 Å². The molecule has 2 aromatic rings. The van der Waals surface area contributed by atoms with Crippen LogP contribution >= 0.6 is 11.6 Å². The van der Waals surface area contributed by atoms with E-state index >= 15 is 0 Å². The molecule has 0 radical (unpaired) electrons. The average Bonchev–Trinajstić information content (AvgIpc) is 2.46. The zero-order valence-electron chi connectivity index (χ0n) is 10.4. The van der Waals surface area contributed by atoms with Gasteiger partial charge >= 0.3 is 0 Å². The molecule has 2 aromatic carbocycles. The fraction of sp³-hybridized carbons (Fsp3) is 0.200. The van der Waals surface area contributed by atoms with Gasteiger partial charge in [-0.3, -0.25) is 0 Å². The number of nitrogens with two attached hydrogens (primary N) is 1. The summed E-state index contributed by atoms with van der Waals surface area (Å²) in [5, 5.41) is 0.696. The molecule has 98 valence electrons. The van der Waals surface area contributed by atoms with Gasteiger partial charge < -0.3 is 15.2 Å². The third-order valence-corrected chi connectivity index (χ3v) is 3.38. The second kappa shape index (κ2) is 5.11. The fourth-order valence-corrected chi connectivity index (χ4v) is 2.42. The van der Waals surface area contributed by atoms with Crippen molar-refractivity contribution in [3.63, 3.8) is 0 Å². The summed E-state index contributed by atoms with van der Waals surface area (Å²) in [5.41, 5.74) is 8.93. The van der Waals surface area contributed by atoms with E-state index in [4.69, 9.17) is 26.8 Å². The first-order chi connectivity index (χ1) is 9.28. The van der Waals surface area contributed by atoms with Gasteiger partial charge in [-0.05, 0) is 41.0 Å². The Hall–Kier alpha value is -1.71. The van der Waals surface area contributed by atoms with Crippen molar-refractivity contribution in [1.82, 2.24) is 0 Å². The van der Waals surface area contributed by atoms with Crippen LogP contribution in [0.15, 0.2) is 36.4 Å². The lowest BCUT2D eigenvalue weighted by molar-refractivity contribution is 0.171. The maximum atomic E-state index is 6.00. The van der Waals surface area contributed by atoms with Crippen molar-refractivity contribution in [1.29, 1.82) is 0 Å². The molecule has 19 heavy (non-hydrogen) atoms. The SMILES string of the molecule is NCc1cc(Cl)ccc1-c1ccc2c(c1)OCCO2. The minimum absolute atomic E-state index is 0.449. The maximum absolute atomic E-state index is 6.00. The van der Waals surface area contributed by atoms with Gasteiger partial charge in [-0.25, -0.2) is 0 Å². The molecule has 0 bridgehead atoms. The Bertz CT molecular complexity index is 613. The highest BCUT2D eigenvalue weighted by Crippen LogP contribution is 2.36. The summed E-state index contributed by atoms with van der Waals surface area (Å²) in [5.74, 6) is 1.57. The molecule has 0 atom stereocenters. The number of fused-ring (bicyclic) bond motifs is 1. The molecule has 1 aliphatic heterocycles. The van der Waals surface area contributed by atoms with E-state index in [1.807, 2.05) is 36.4 Å². The van der Waals surface area contributed by atoms with Crippen LogP contribution in [0.4, 0.5) is 0 Å². The van der Waals surface area contributed by atoms with Crippen molar-refractivity contribution in [2.24, 2.45) is 5.73 Å². The third kappa shape index (κ3) is 2.39. The lowest BCUT2D eigenvalue weighted by Gasteiger charge is -2.19. The van der Waals surface area contributed by atoms with Crippen LogP contribution < -0.4 is 15.2 Å². The molecule has 4 heteroatoms. The summed E-state index contributed by atoms with van der Waals surface area (Å²) in [6.07, 6.45) is 0. The summed E-state index contributed by atoms with van der Waals surface area (Å²) in [6, 6.07) is 11.7.